The molecule has 0 fully saturated rings. The van der Waals surface area contributed by atoms with Crippen molar-refractivity contribution in [1.82, 2.24) is 20.2 Å². The first-order chi connectivity index (χ1) is 21.0. The van der Waals surface area contributed by atoms with Crippen molar-refractivity contribution in [2.24, 2.45) is 0 Å². The number of allylic oxidation sites excluding steroid dienone is 1. The Hall–Kier alpha value is -3.99. The van der Waals surface area contributed by atoms with E-state index in [0.717, 1.165) is 66.2 Å². The van der Waals surface area contributed by atoms with Crippen LogP contribution in [0, 0.1) is 6.92 Å². The summed E-state index contributed by atoms with van der Waals surface area (Å²) >= 11 is 6.26. The van der Waals surface area contributed by atoms with Crippen molar-refractivity contribution in [3.63, 3.8) is 0 Å². The molecule has 1 unspecified atom stereocenters. The molecule has 1 N–H and O–H groups in total. The van der Waals surface area contributed by atoms with Crippen LogP contribution >= 0.6 is 11.6 Å². The summed E-state index contributed by atoms with van der Waals surface area (Å²) in [5, 5.41) is 5.51. The summed E-state index contributed by atoms with van der Waals surface area (Å²) in [6, 6.07) is 30.0. The largest absolute Gasteiger partial charge is 0.376 e. The molecule has 0 spiro atoms. The lowest BCUT2D eigenvalue weighted by atomic mass is 9.84. The second kappa shape index (κ2) is 14.5. The van der Waals surface area contributed by atoms with E-state index in [1.54, 1.807) is 0 Å². The summed E-state index contributed by atoms with van der Waals surface area (Å²) in [5.41, 5.74) is 10.4. The fourth-order valence-corrected chi connectivity index (χ4v) is 5.90. The Kier molecular flexibility index (Phi) is 10.2. The molecule has 1 atom stereocenters. The van der Waals surface area contributed by atoms with Gasteiger partial charge in [-0.05, 0) is 97.4 Å². The molecule has 5 aromatic rings. The summed E-state index contributed by atoms with van der Waals surface area (Å²) in [6.07, 6.45) is 5.83. The molecule has 3 aromatic carbocycles. The van der Waals surface area contributed by atoms with E-state index in [4.69, 9.17) is 16.6 Å². The zero-order valence-electron chi connectivity index (χ0n) is 25.5. The predicted molar refractivity (Wildman–Crippen MR) is 182 cm³/mol. The molecule has 2 heterocycles. The summed E-state index contributed by atoms with van der Waals surface area (Å²) in [4.78, 5) is 11.9. The topological polar surface area (TPSA) is 41.0 Å². The summed E-state index contributed by atoms with van der Waals surface area (Å²) in [7, 11) is 0. The smallest absolute Gasteiger partial charge is 0.0712 e. The zero-order chi connectivity index (χ0) is 30.2. The highest BCUT2D eigenvalue weighted by Gasteiger charge is 2.19. The predicted octanol–water partition coefficient (Wildman–Crippen LogP) is 9.16. The van der Waals surface area contributed by atoms with E-state index in [1.807, 2.05) is 30.6 Å². The fraction of sp³-hybridized carbons (Fsp3) is 0.263. The molecule has 0 aliphatic rings. The molecular weight excluding hydrogens is 548 g/mol. The fourth-order valence-electron chi connectivity index (χ4n) is 5.77. The average molecular weight is 589 g/mol. The van der Waals surface area contributed by atoms with E-state index in [1.165, 1.54) is 33.5 Å². The Morgan fingerprint density at radius 1 is 0.930 bits per heavy atom. The molecule has 4 nitrogen and oxygen atoms in total. The number of benzene rings is 3. The average Bonchev–Trinajstić information content (AvgIpc) is 3.03. The van der Waals surface area contributed by atoms with Gasteiger partial charge in [-0.25, -0.2) is 0 Å². The molecule has 0 bridgehead atoms. The highest BCUT2D eigenvalue weighted by Crippen LogP contribution is 2.36. The normalized spacial score (nSPS) is 11.9. The molecule has 220 valence electrons. The van der Waals surface area contributed by atoms with Gasteiger partial charge in [0.25, 0.3) is 0 Å². The van der Waals surface area contributed by atoms with Crippen molar-refractivity contribution in [2.75, 3.05) is 19.6 Å². The first-order valence-electron chi connectivity index (χ1n) is 15.3. The molecule has 0 saturated heterocycles. The number of nitrogens with zero attached hydrogens (tertiary/aromatic N) is 3. The van der Waals surface area contributed by atoms with E-state index in [2.05, 4.69) is 109 Å². The standard InChI is InChI=1S/C38H41ClN4/c1-5-28(4)43(6-2)21-9-20-41-26-34-24-35(30-11-7-10-27(3)22-30)36-23-31(15-18-37(36)42-34)38(32-12-8-19-40-25-32)29-13-16-33(39)17-14-29/h7-8,10-19,22-25,38,41H,4-6,9,20-21,26H2,1-3H3. The van der Waals surface area contributed by atoms with E-state index < -0.39 is 0 Å². The van der Waals surface area contributed by atoms with Gasteiger partial charge in [0.1, 0.15) is 0 Å². The Balaban J connectivity index is 1.49. The van der Waals surface area contributed by atoms with Gasteiger partial charge in [0, 0.05) is 54.1 Å². The third-order valence-corrected chi connectivity index (χ3v) is 8.35. The Morgan fingerprint density at radius 3 is 2.47 bits per heavy atom. The molecule has 5 rings (SSSR count). The number of pyridine rings is 2. The lowest BCUT2D eigenvalue weighted by Crippen LogP contribution is -2.26. The van der Waals surface area contributed by atoms with E-state index >= 15 is 0 Å². The third kappa shape index (κ3) is 7.51. The van der Waals surface area contributed by atoms with Gasteiger partial charge in [-0.15, -0.1) is 0 Å². The molecule has 43 heavy (non-hydrogen) atoms. The number of aromatic nitrogens is 2. The Bertz CT molecular complexity index is 1660. The van der Waals surface area contributed by atoms with Gasteiger partial charge in [-0.2, -0.15) is 0 Å². The number of halogens is 1. The van der Waals surface area contributed by atoms with Crippen molar-refractivity contribution < 1.29 is 0 Å². The maximum absolute atomic E-state index is 6.26. The summed E-state index contributed by atoms with van der Waals surface area (Å²) < 4.78 is 0. The monoisotopic (exact) mass is 588 g/mol. The highest BCUT2D eigenvalue weighted by molar-refractivity contribution is 6.30. The maximum atomic E-state index is 6.26. The first kappa shape index (κ1) is 30.5. The molecule has 0 radical (unpaired) electrons. The van der Waals surface area contributed by atoms with Crippen LogP contribution in [0.2, 0.25) is 5.02 Å². The first-order valence-corrected chi connectivity index (χ1v) is 15.6. The lowest BCUT2D eigenvalue weighted by molar-refractivity contribution is 0.345. The molecule has 0 aliphatic heterocycles. The minimum Gasteiger partial charge on any atom is -0.376 e. The van der Waals surface area contributed by atoms with E-state index in [-0.39, 0.29) is 5.92 Å². The van der Waals surface area contributed by atoms with Crippen LogP contribution in [0.15, 0.2) is 110 Å². The van der Waals surface area contributed by atoms with E-state index in [0.29, 0.717) is 0 Å². The minimum atomic E-state index is 0.0218. The van der Waals surface area contributed by atoms with Crippen molar-refractivity contribution in [3.05, 3.63) is 143 Å². The number of hydrogen-bond donors (Lipinski definition) is 1. The Labute approximate surface area is 261 Å². The highest BCUT2D eigenvalue weighted by atomic mass is 35.5. The van der Waals surface area contributed by atoms with Gasteiger partial charge >= 0.3 is 0 Å². The molecule has 5 heteroatoms. The van der Waals surface area contributed by atoms with Crippen LogP contribution in [0.4, 0.5) is 0 Å². The van der Waals surface area contributed by atoms with Crippen molar-refractivity contribution in [2.45, 2.75) is 46.1 Å². The van der Waals surface area contributed by atoms with Crippen LogP contribution in [-0.4, -0.2) is 34.5 Å². The van der Waals surface area contributed by atoms with Crippen LogP contribution in [0.5, 0.6) is 0 Å². The van der Waals surface area contributed by atoms with Crippen LogP contribution in [0.1, 0.15) is 60.6 Å². The van der Waals surface area contributed by atoms with Crippen LogP contribution in [-0.2, 0) is 6.54 Å². The molecule has 0 aliphatic carbocycles. The minimum absolute atomic E-state index is 0.0218. The van der Waals surface area contributed by atoms with Gasteiger partial charge < -0.3 is 10.2 Å². The van der Waals surface area contributed by atoms with Gasteiger partial charge in [-0.1, -0.05) is 79.2 Å². The van der Waals surface area contributed by atoms with Gasteiger partial charge in [-0.3, -0.25) is 9.97 Å². The second-order valence-electron chi connectivity index (χ2n) is 11.1. The second-order valence-corrected chi connectivity index (χ2v) is 11.5. The maximum Gasteiger partial charge on any atom is 0.0712 e. The van der Waals surface area contributed by atoms with Crippen LogP contribution in [0.3, 0.4) is 0 Å². The van der Waals surface area contributed by atoms with Gasteiger partial charge in [0.15, 0.2) is 0 Å². The van der Waals surface area contributed by atoms with Crippen molar-refractivity contribution >= 4 is 22.5 Å². The van der Waals surface area contributed by atoms with Gasteiger partial charge in [0.2, 0.25) is 0 Å². The summed E-state index contributed by atoms with van der Waals surface area (Å²) in [5.74, 6) is 0.0218. The number of nitrogens with one attached hydrogen (secondary N) is 1. The third-order valence-electron chi connectivity index (χ3n) is 8.09. The number of rotatable bonds is 13. The zero-order valence-corrected chi connectivity index (χ0v) is 26.2. The quantitative estimate of drug-likeness (QED) is 0.139. The number of aryl methyl sites for hydroxylation is 1. The molecule has 2 aromatic heterocycles. The molecular formula is C38H41ClN4. The number of fused-ring (bicyclic) bond motifs is 1. The van der Waals surface area contributed by atoms with Crippen LogP contribution < -0.4 is 5.32 Å². The van der Waals surface area contributed by atoms with Crippen LogP contribution in [0.25, 0.3) is 22.0 Å². The Morgan fingerprint density at radius 2 is 1.74 bits per heavy atom. The lowest BCUT2D eigenvalue weighted by Gasteiger charge is -2.24. The summed E-state index contributed by atoms with van der Waals surface area (Å²) in [6.45, 7) is 14.4. The number of hydrogen-bond acceptors (Lipinski definition) is 4. The van der Waals surface area contributed by atoms with Crippen molar-refractivity contribution in [3.8, 4) is 11.1 Å². The van der Waals surface area contributed by atoms with Gasteiger partial charge in [0.05, 0.1) is 11.2 Å². The van der Waals surface area contributed by atoms with Crippen molar-refractivity contribution in [1.29, 1.82) is 0 Å². The SMILES string of the molecule is C=C(CC)N(CC)CCCNCc1cc(-c2cccc(C)c2)c2cc(C(c3ccc(Cl)cc3)c3cccnc3)ccc2n1. The molecule has 0 saturated carbocycles. The molecule has 0 amide bonds. The van der Waals surface area contributed by atoms with E-state index in [9.17, 15) is 0 Å².